The van der Waals surface area contributed by atoms with Crippen molar-refractivity contribution in [3.05, 3.63) is 71.4 Å². The molecule has 0 aliphatic rings. The minimum absolute atomic E-state index is 0.00263. The zero-order valence-electron chi connectivity index (χ0n) is 15.5. The van der Waals surface area contributed by atoms with Crippen molar-refractivity contribution < 1.29 is 14.3 Å². The lowest BCUT2D eigenvalue weighted by Gasteiger charge is -2.13. The van der Waals surface area contributed by atoms with Gasteiger partial charge in [0.15, 0.2) is 5.75 Å². The van der Waals surface area contributed by atoms with Crippen molar-refractivity contribution in [1.82, 2.24) is 4.98 Å². The molecule has 3 rings (SSSR count). The molecule has 0 aliphatic heterocycles. The van der Waals surface area contributed by atoms with E-state index in [0.717, 1.165) is 0 Å². The molecule has 0 saturated carbocycles. The smallest absolute Gasteiger partial charge is 0.243 e. The Morgan fingerprint density at radius 3 is 2.76 bits per heavy atom. The highest BCUT2D eigenvalue weighted by Crippen LogP contribution is 2.30. The number of carbonyl (C=O) groups excluding carboxylic acids is 1. The number of aromatic nitrogens is 1. The second-order valence-electron chi connectivity index (χ2n) is 5.82. The fourth-order valence-electron chi connectivity index (χ4n) is 2.49. The average molecular weight is 409 g/mol. The van der Waals surface area contributed by atoms with Gasteiger partial charge in [0.2, 0.25) is 11.8 Å². The molecule has 0 spiro atoms. The molecule has 29 heavy (non-hydrogen) atoms. The number of para-hydroxylation sites is 2. The van der Waals surface area contributed by atoms with E-state index >= 15 is 0 Å². The summed E-state index contributed by atoms with van der Waals surface area (Å²) in [5.41, 5.74) is 1.46. The van der Waals surface area contributed by atoms with Gasteiger partial charge in [0, 0.05) is 11.9 Å². The Balaban J connectivity index is 1.66. The van der Waals surface area contributed by atoms with E-state index in [1.54, 1.807) is 60.8 Å². The number of halogens is 1. The van der Waals surface area contributed by atoms with Crippen molar-refractivity contribution in [3.8, 4) is 23.4 Å². The first-order chi connectivity index (χ1) is 14.1. The maximum atomic E-state index is 12.3. The van der Waals surface area contributed by atoms with Crippen molar-refractivity contribution in [2.45, 2.75) is 0 Å². The summed E-state index contributed by atoms with van der Waals surface area (Å²) < 4.78 is 10.9. The molecule has 7 nitrogen and oxygen atoms in total. The van der Waals surface area contributed by atoms with Crippen molar-refractivity contribution in [3.63, 3.8) is 0 Å². The van der Waals surface area contributed by atoms with E-state index in [-0.39, 0.29) is 18.3 Å². The number of hydrogen-bond donors (Lipinski definition) is 2. The van der Waals surface area contributed by atoms with Crippen molar-refractivity contribution in [1.29, 1.82) is 5.26 Å². The molecule has 3 aromatic rings. The zero-order chi connectivity index (χ0) is 20.6. The number of rotatable bonds is 7. The number of nitriles is 1. The number of nitrogens with zero attached hydrogens (tertiary/aromatic N) is 2. The molecule has 146 valence electrons. The molecule has 2 aromatic carbocycles. The Hall–Kier alpha value is -3.76. The first-order valence-corrected chi connectivity index (χ1v) is 8.97. The van der Waals surface area contributed by atoms with Crippen molar-refractivity contribution in [2.75, 3.05) is 24.3 Å². The van der Waals surface area contributed by atoms with Crippen LogP contribution in [0.25, 0.3) is 0 Å². The lowest BCUT2D eigenvalue weighted by Crippen LogP contribution is -2.21. The van der Waals surface area contributed by atoms with E-state index in [4.69, 9.17) is 21.1 Å². The van der Waals surface area contributed by atoms with E-state index in [0.29, 0.717) is 33.5 Å². The maximum Gasteiger partial charge on any atom is 0.243 e. The normalized spacial score (nSPS) is 9.97. The molecular weight excluding hydrogens is 392 g/mol. The van der Waals surface area contributed by atoms with E-state index < -0.39 is 0 Å². The summed E-state index contributed by atoms with van der Waals surface area (Å²) in [6.45, 7) is -0.00263. The fraction of sp³-hybridized carbons (Fsp3) is 0.0952. The largest absolute Gasteiger partial charge is 0.495 e. The predicted molar refractivity (Wildman–Crippen MR) is 111 cm³/mol. The minimum Gasteiger partial charge on any atom is -0.495 e. The van der Waals surface area contributed by atoms with Gasteiger partial charge in [-0.25, -0.2) is 4.98 Å². The standard InChI is InChI=1S/C21H17ClN4O3/c1-28-18-9-8-15(11-16(18)22)26-20(27)13-25-17-6-2-3-7-19(17)29-21-14(12-23)5-4-10-24-21/h2-11,25H,13H2,1H3,(H,26,27). The van der Waals surface area contributed by atoms with E-state index in [1.807, 2.05) is 6.07 Å². The van der Waals surface area contributed by atoms with Gasteiger partial charge in [0.25, 0.3) is 0 Å². The number of pyridine rings is 1. The number of methoxy groups -OCH3 is 1. The molecule has 0 fully saturated rings. The Morgan fingerprint density at radius 2 is 2.00 bits per heavy atom. The van der Waals surface area contributed by atoms with Gasteiger partial charge in [-0.3, -0.25) is 4.79 Å². The summed E-state index contributed by atoms with van der Waals surface area (Å²) in [5.74, 6) is 0.904. The van der Waals surface area contributed by atoms with Gasteiger partial charge in [0.05, 0.1) is 24.4 Å². The third-order valence-corrected chi connectivity index (χ3v) is 4.16. The highest BCUT2D eigenvalue weighted by Gasteiger charge is 2.11. The molecule has 1 aromatic heterocycles. The summed E-state index contributed by atoms with van der Waals surface area (Å²) in [7, 11) is 1.52. The van der Waals surface area contributed by atoms with Crippen LogP contribution in [0.3, 0.4) is 0 Å². The van der Waals surface area contributed by atoms with Gasteiger partial charge in [-0.05, 0) is 42.5 Å². The van der Waals surface area contributed by atoms with Gasteiger partial charge in [-0.1, -0.05) is 23.7 Å². The zero-order valence-corrected chi connectivity index (χ0v) is 16.2. The topological polar surface area (TPSA) is 96.3 Å². The number of carbonyl (C=O) groups is 1. The Bertz CT molecular complexity index is 1070. The third kappa shape index (κ3) is 5.15. The van der Waals surface area contributed by atoms with Gasteiger partial charge in [-0.15, -0.1) is 0 Å². The maximum absolute atomic E-state index is 12.3. The molecule has 2 N–H and O–H groups in total. The van der Waals surface area contributed by atoms with Crippen LogP contribution in [0.4, 0.5) is 11.4 Å². The van der Waals surface area contributed by atoms with E-state index in [2.05, 4.69) is 15.6 Å². The predicted octanol–water partition coefficient (Wildman–Crippen LogP) is 4.46. The molecule has 0 bridgehead atoms. The fourth-order valence-corrected chi connectivity index (χ4v) is 2.75. The second kappa shape index (κ2) is 9.44. The highest BCUT2D eigenvalue weighted by atomic mass is 35.5. The van der Waals surface area contributed by atoms with E-state index in [1.165, 1.54) is 7.11 Å². The van der Waals surface area contributed by atoms with Crippen LogP contribution in [0.2, 0.25) is 5.02 Å². The molecule has 0 radical (unpaired) electrons. The number of anilines is 2. The van der Waals surface area contributed by atoms with Crippen LogP contribution in [0.5, 0.6) is 17.4 Å². The number of nitrogens with one attached hydrogen (secondary N) is 2. The molecule has 1 amide bonds. The van der Waals surface area contributed by atoms with Crippen LogP contribution in [0.15, 0.2) is 60.8 Å². The molecule has 0 atom stereocenters. The summed E-state index contributed by atoms with van der Waals surface area (Å²) in [6, 6.07) is 17.4. The van der Waals surface area contributed by atoms with Crippen LogP contribution >= 0.6 is 11.6 Å². The molecule has 8 heteroatoms. The first-order valence-electron chi connectivity index (χ1n) is 8.60. The number of benzene rings is 2. The molecule has 0 unspecified atom stereocenters. The van der Waals surface area contributed by atoms with Crippen LogP contribution in [0, 0.1) is 11.3 Å². The summed E-state index contributed by atoms with van der Waals surface area (Å²) in [6.07, 6.45) is 1.54. The second-order valence-corrected chi connectivity index (χ2v) is 6.22. The summed E-state index contributed by atoms with van der Waals surface area (Å²) in [5, 5.41) is 15.4. The Kier molecular flexibility index (Phi) is 6.51. The summed E-state index contributed by atoms with van der Waals surface area (Å²) in [4.78, 5) is 16.4. The SMILES string of the molecule is COc1ccc(NC(=O)CNc2ccccc2Oc2ncccc2C#N)cc1Cl. The molecule has 0 aliphatic carbocycles. The van der Waals surface area contributed by atoms with Crippen LogP contribution in [-0.2, 0) is 4.79 Å². The Morgan fingerprint density at radius 1 is 1.17 bits per heavy atom. The lowest BCUT2D eigenvalue weighted by atomic mass is 10.2. The lowest BCUT2D eigenvalue weighted by molar-refractivity contribution is -0.114. The quantitative estimate of drug-likeness (QED) is 0.599. The van der Waals surface area contributed by atoms with Crippen LogP contribution in [-0.4, -0.2) is 24.5 Å². The van der Waals surface area contributed by atoms with Crippen LogP contribution in [0.1, 0.15) is 5.56 Å². The third-order valence-electron chi connectivity index (χ3n) is 3.86. The van der Waals surface area contributed by atoms with Crippen molar-refractivity contribution >= 4 is 28.9 Å². The Labute approximate surface area is 172 Å². The van der Waals surface area contributed by atoms with Gasteiger partial charge in [-0.2, -0.15) is 5.26 Å². The molecule has 1 heterocycles. The molecule has 0 saturated heterocycles. The van der Waals surface area contributed by atoms with Gasteiger partial charge in [0.1, 0.15) is 17.4 Å². The van der Waals surface area contributed by atoms with Gasteiger partial charge < -0.3 is 20.1 Å². The monoisotopic (exact) mass is 408 g/mol. The average Bonchev–Trinajstić information content (AvgIpc) is 2.73. The minimum atomic E-state index is -0.267. The number of hydrogen-bond acceptors (Lipinski definition) is 6. The molecular formula is C21H17ClN4O3. The van der Waals surface area contributed by atoms with Crippen molar-refractivity contribution in [2.24, 2.45) is 0 Å². The first kappa shape index (κ1) is 20.0. The van der Waals surface area contributed by atoms with Gasteiger partial charge >= 0.3 is 0 Å². The van der Waals surface area contributed by atoms with E-state index in [9.17, 15) is 10.1 Å². The number of ether oxygens (including phenoxy) is 2. The summed E-state index contributed by atoms with van der Waals surface area (Å²) >= 11 is 6.07. The van der Waals surface area contributed by atoms with Crippen LogP contribution < -0.4 is 20.1 Å². The highest BCUT2D eigenvalue weighted by molar-refractivity contribution is 6.32. The number of amides is 1.